The van der Waals surface area contributed by atoms with E-state index in [0.717, 1.165) is 29.5 Å². The number of aliphatic carboxylic acids is 1. The Bertz CT molecular complexity index is 709. The number of carboxylic acid groups (broad SMARTS) is 1. The summed E-state index contributed by atoms with van der Waals surface area (Å²) >= 11 is 0.992. The van der Waals surface area contributed by atoms with Crippen LogP contribution in [0.5, 0.6) is 0 Å². The summed E-state index contributed by atoms with van der Waals surface area (Å²) in [5.41, 5.74) is 0.536. The van der Waals surface area contributed by atoms with Crippen molar-refractivity contribution in [3.63, 3.8) is 0 Å². The Hall–Kier alpha value is -2.35. The molecule has 0 saturated carbocycles. The Morgan fingerprint density at radius 2 is 1.93 bits per heavy atom. The summed E-state index contributed by atoms with van der Waals surface area (Å²) in [5.74, 6) is -2.23. The van der Waals surface area contributed by atoms with E-state index in [1.54, 1.807) is 31.2 Å². The average Bonchev–Trinajstić information content (AvgIpc) is 3.00. The first-order valence-electron chi connectivity index (χ1n) is 8.93. The van der Waals surface area contributed by atoms with Crippen LogP contribution in [0.15, 0.2) is 30.3 Å². The summed E-state index contributed by atoms with van der Waals surface area (Å²) < 4.78 is 0. The molecule has 1 fully saturated rings. The van der Waals surface area contributed by atoms with E-state index in [4.69, 9.17) is 0 Å². The minimum absolute atomic E-state index is 0.00269. The minimum atomic E-state index is -1.20. The average molecular weight is 392 g/mol. The van der Waals surface area contributed by atoms with Crippen LogP contribution in [0.1, 0.15) is 37.0 Å². The molecule has 0 bridgehead atoms. The molecule has 7 nitrogen and oxygen atoms in total. The highest BCUT2D eigenvalue weighted by molar-refractivity contribution is 8.14. The zero-order valence-corrected chi connectivity index (χ0v) is 16.3. The van der Waals surface area contributed by atoms with Crippen LogP contribution in [-0.2, 0) is 9.59 Å². The molecular formula is C19H24N2O5S. The molecule has 0 radical (unpaired) electrons. The third-order valence-corrected chi connectivity index (χ3v) is 5.55. The second-order valence-electron chi connectivity index (χ2n) is 6.51. The van der Waals surface area contributed by atoms with Gasteiger partial charge >= 0.3 is 12.0 Å². The predicted octanol–water partition coefficient (Wildman–Crippen LogP) is 2.71. The Labute approximate surface area is 162 Å². The Morgan fingerprint density at radius 3 is 2.52 bits per heavy atom. The van der Waals surface area contributed by atoms with Gasteiger partial charge in [-0.1, -0.05) is 62.4 Å². The lowest BCUT2D eigenvalue weighted by molar-refractivity contribution is -0.147. The van der Waals surface area contributed by atoms with E-state index >= 15 is 0 Å². The summed E-state index contributed by atoms with van der Waals surface area (Å²) in [5, 5.41) is 9.25. The summed E-state index contributed by atoms with van der Waals surface area (Å²) in [4.78, 5) is 51.2. The molecule has 2 atom stereocenters. The molecule has 1 N–H and O–H groups in total. The van der Waals surface area contributed by atoms with Crippen LogP contribution in [-0.4, -0.2) is 62.8 Å². The lowest BCUT2D eigenvalue weighted by Crippen LogP contribution is -2.46. The number of hydrogen-bond acceptors (Lipinski definition) is 5. The largest absolute Gasteiger partial charge is 0.480 e. The first kappa shape index (κ1) is 21.0. The Morgan fingerprint density at radius 1 is 1.26 bits per heavy atom. The first-order valence-corrected chi connectivity index (χ1v) is 9.92. The van der Waals surface area contributed by atoms with Crippen molar-refractivity contribution in [3.05, 3.63) is 35.9 Å². The molecule has 3 amide bonds. The number of nitrogens with zero attached hydrogens (tertiary/aromatic N) is 2. The molecule has 2 rings (SSSR count). The summed E-state index contributed by atoms with van der Waals surface area (Å²) in [7, 11) is 0. The SMILES string of the molecule is CCCCN1CC(C(=O)O)N(C(=O)[C@H](C)CSC(=O)c2ccccc2)C1=O. The molecule has 1 aromatic carbocycles. The topological polar surface area (TPSA) is 95.0 Å². The van der Waals surface area contributed by atoms with E-state index in [9.17, 15) is 24.3 Å². The number of imide groups is 1. The fourth-order valence-electron chi connectivity index (χ4n) is 2.79. The van der Waals surface area contributed by atoms with Crippen LogP contribution >= 0.6 is 11.8 Å². The smallest absolute Gasteiger partial charge is 0.328 e. The molecule has 1 saturated heterocycles. The van der Waals surface area contributed by atoms with Crippen molar-refractivity contribution in [3.8, 4) is 0 Å². The van der Waals surface area contributed by atoms with Crippen LogP contribution in [0.2, 0.25) is 0 Å². The predicted molar refractivity (Wildman–Crippen MR) is 103 cm³/mol. The number of amides is 3. The second-order valence-corrected chi connectivity index (χ2v) is 7.50. The van der Waals surface area contributed by atoms with Gasteiger partial charge < -0.3 is 10.0 Å². The van der Waals surface area contributed by atoms with Crippen molar-refractivity contribution in [1.82, 2.24) is 9.80 Å². The van der Waals surface area contributed by atoms with E-state index in [1.807, 2.05) is 13.0 Å². The molecule has 1 aliphatic heterocycles. The molecule has 0 aromatic heterocycles. The van der Waals surface area contributed by atoms with Gasteiger partial charge in [-0.05, 0) is 6.42 Å². The van der Waals surface area contributed by atoms with Gasteiger partial charge in [-0.25, -0.2) is 14.5 Å². The minimum Gasteiger partial charge on any atom is -0.480 e. The van der Waals surface area contributed by atoms with Crippen LogP contribution < -0.4 is 0 Å². The fourth-order valence-corrected chi connectivity index (χ4v) is 3.64. The number of urea groups is 1. The number of carboxylic acids is 1. The van der Waals surface area contributed by atoms with Crippen molar-refractivity contribution in [2.75, 3.05) is 18.8 Å². The van der Waals surface area contributed by atoms with Gasteiger partial charge in [0.25, 0.3) is 0 Å². The third kappa shape index (κ3) is 5.09. The molecular weight excluding hydrogens is 368 g/mol. The molecule has 1 aromatic rings. The number of hydrogen-bond donors (Lipinski definition) is 1. The third-order valence-electron chi connectivity index (χ3n) is 4.38. The first-order chi connectivity index (χ1) is 12.9. The molecule has 27 heavy (non-hydrogen) atoms. The van der Waals surface area contributed by atoms with Gasteiger partial charge in [0, 0.05) is 23.8 Å². The highest BCUT2D eigenvalue weighted by Gasteiger charge is 2.45. The zero-order chi connectivity index (χ0) is 20.0. The van der Waals surface area contributed by atoms with E-state index < -0.39 is 29.9 Å². The van der Waals surface area contributed by atoms with E-state index in [0.29, 0.717) is 12.1 Å². The van der Waals surface area contributed by atoms with Crippen molar-refractivity contribution in [2.24, 2.45) is 5.92 Å². The van der Waals surface area contributed by atoms with Gasteiger partial charge in [-0.2, -0.15) is 0 Å². The van der Waals surface area contributed by atoms with Crippen molar-refractivity contribution in [2.45, 2.75) is 32.7 Å². The monoisotopic (exact) mass is 392 g/mol. The zero-order valence-electron chi connectivity index (χ0n) is 15.5. The van der Waals surface area contributed by atoms with Gasteiger partial charge in [-0.15, -0.1) is 0 Å². The van der Waals surface area contributed by atoms with E-state index in [1.165, 1.54) is 4.90 Å². The lowest BCUT2D eigenvalue weighted by atomic mass is 10.1. The molecule has 146 valence electrons. The number of unbranched alkanes of at least 4 members (excludes halogenated alkanes) is 1. The lowest BCUT2D eigenvalue weighted by Gasteiger charge is -2.22. The van der Waals surface area contributed by atoms with Gasteiger partial charge in [0.1, 0.15) is 0 Å². The fraction of sp³-hybridized carbons (Fsp3) is 0.474. The maximum atomic E-state index is 12.7. The standard InChI is InChI=1S/C19H24N2O5S/c1-3-4-10-20-11-15(17(23)24)21(19(20)26)16(22)13(2)12-27-18(25)14-8-6-5-7-9-14/h5-9,13,15H,3-4,10-12H2,1-2H3,(H,23,24)/t13-,15?/m1/s1. The van der Waals surface area contributed by atoms with E-state index in [2.05, 4.69) is 0 Å². The highest BCUT2D eigenvalue weighted by atomic mass is 32.2. The summed E-state index contributed by atoms with van der Waals surface area (Å²) in [6.45, 7) is 4.01. The Kier molecular flexibility index (Phi) is 7.41. The van der Waals surface area contributed by atoms with Crippen molar-refractivity contribution < 1.29 is 24.3 Å². The molecule has 0 aliphatic carbocycles. The number of carbonyl (C=O) groups excluding carboxylic acids is 3. The second kappa shape index (κ2) is 9.55. The number of benzene rings is 1. The van der Waals surface area contributed by atoms with Crippen LogP contribution in [0.25, 0.3) is 0 Å². The molecule has 1 aliphatic rings. The number of thioether (sulfide) groups is 1. The number of carbonyl (C=O) groups is 4. The highest BCUT2D eigenvalue weighted by Crippen LogP contribution is 2.23. The molecule has 1 heterocycles. The van der Waals surface area contributed by atoms with Crippen molar-refractivity contribution >= 4 is 34.8 Å². The normalized spacial score (nSPS) is 17.9. The number of rotatable bonds is 8. The summed E-state index contributed by atoms with van der Waals surface area (Å²) in [6.07, 6.45) is 1.61. The quantitative estimate of drug-likeness (QED) is 0.731. The Balaban J connectivity index is 2.01. The van der Waals surface area contributed by atoms with Gasteiger partial charge in [-0.3, -0.25) is 9.59 Å². The maximum Gasteiger partial charge on any atom is 0.328 e. The van der Waals surface area contributed by atoms with Gasteiger partial charge in [0.15, 0.2) is 6.04 Å². The van der Waals surface area contributed by atoms with Crippen LogP contribution in [0.3, 0.4) is 0 Å². The molecule has 0 spiro atoms. The van der Waals surface area contributed by atoms with Crippen LogP contribution in [0.4, 0.5) is 4.79 Å². The maximum absolute atomic E-state index is 12.7. The molecule has 8 heteroatoms. The van der Waals surface area contributed by atoms with Gasteiger partial charge in [0.05, 0.1) is 6.54 Å². The summed E-state index contributed by atoms with van der Waals surface area (Å²) in [6, 6.07) is 6.96. The van der Waals surface area contributed by atoms with Gasteiger partial charge in [0.2, 0.25) is 11.0 Å². The van der Waals surface area contributed by atoms with E-state index in [-0.39, 0.29) is 17.4 Å². The van der Waals surface area contributed by atoms with Crippen LogP contribution in [0, 0.1) is 5.92 Å². The van der Waals surface area contributed by atoms with Crippen molar-refractivity contribution in [1.29, 1.82) is 0 Å². The molecule has 1 unspecified atom stereocenters.